The Balaban J connectivity index is 0.000000380. The van der Waals surface area contributed by atoms with Crippen molar-refractivity contribution in [1.29, 1.82) is 0 Å². The van der Waals surface area contributed by atoms with Crippen LogP contribution in [0.5, 0.6) is 0 Å². The number of aromatic nitrogens is 1. The maximum atomic E-state index is 12.4. The number of nitrogens with two attached hydrogens (primary N) is 1. The molecule has 1 aliphatic heterocycles. The van der Waals surface area contributed by atoms with E-state index in [1.807, 2.05) is 24.4 Å². The molecule has 0 amide bonds. The Labute approximate surface area is 156 Å². The largest absolute Gasteiger partial charge is 0.473 e. The monoisotopic (exact) mass is 397 g/mol. The van der Waals surface area contributed by atoms with Crippen LogP contribution in [-0.4, -0.2) is 59.5 Å². The zero-order valence-electron chi connectivity index (χ0n) is 14.7. The first-order valence-electron chi connectivity index (χ1n) is 8.47. The summed E-state index contributed by atoms with van der Waals surface area (Å²) in [5.41, 5.74) is 8.63. The molecule has 1 aliphatic rings. The van der Waals surface area contributed by atoms with Gasteiger partial charge in [-0.3, -0.25) is 0 Å². The third-order valence-corrected chi connectivity index (χ3v) is 6.09. The van der Waals surface area contributed by atoms with Gasteiger partial charge in [0.15, 0.2) is 0 Å². The number of hydrogen-bond donors (Lipinski definition) is 4. The average Bonchev–Trinajstić information content (AvgIpc) is 3.26. The van der Waals surface area contributed by atoms with Gasteiger partial charge in [0.05, 0.1) is 5.75 Å². The van der Waals surface area contributed by atoms with Crippen LogP contribution in [0.1, 0.15) is 24.0 Å². The van der Waals surface area contributed by atoms with Gasteiger partial charge in [-0.25, -0.2) is 22.3 Å². The Hall–Kier alpha value is -2.43. The van der Waals surface area contributed by atoms with Gasteiger partial charge in [-0.1, -0.05) is 6.07 Å². The maximum Gasteiger partial charge on any atom is 0.414 e. The van der Waals surface area contributed by atoms with Crippen LogP contribution in [0.2, 0.25) is 0 Å². The third-order valence-electron chi connectivity index (χ3n) is 4.24. The standard InChI is InChI=1S/C15H21N3O2S.C2H2O4/c16-6-5-13-10-17-15-4-3-12(9-14(13)15)11-21(19,20)18-7-1-2-8-18;3-1(4)2(5)6/h3-4,9-10,17H,1-2,5-8,11,16H2;(H,3,4)(H,5,6). The van der Waals surface area contributed by atoms with Gasteiger partial charge in [0.2, 0.25) is 10.0 Å². The van der Waals surface area contributed by atoms with E-state index in [4.69, 9.17) is 25.5 Å². The number of carbonyl (C=O) groups is 2. The number of aliphatic carboxylic acids is 2. The predicted octanol–water partition coefficient (Wildman–Crippen LogP) is 0.750. The molecular formula is C17H23N3O6S. The summed E-state index contributed by atoms with van der Waals surface area (Å²) < 4.78 is 26.4. The van der Waals surface area contributed by atoms with E-state index in [1.54, 1.807) is 4.31 Å². The summed E-state index contributed by atoms with van der Waals surface area (Å²) in [4.78, 5) is 21.4. The molecule has 3 rings (SSSR count). The lowest BCUT2D eigenvalue weighted by Crippen LogP contribution is -2.29. The van der Waals surface area contributed by atoms with Crippen LogP contribution in [0.3, 0.4) is 0 Å². The van der Waals surface area contributed by atoms with Crippen molar-refractivity contribution in [2.75, 3.05) is 19.6 Å². The van der Waals surface area contributed by atoms with Gasteiger partial charge in [-0.15, -0.1) is 0 Å². The van der Waals surface area contributed by atoms with Gasteiger partial charge in [0.25, 0.3) is 0 Å². The fourth-order valence-corrected chi connectivity index (χ4v) is 4.54. The van der Waals surface area contributed by atoms with E-state index < -0.39 is 22.0 Å². The minimum absolute atomic E-state index is 0.0795. The van der Waals surface area contributed by atoms with Crippen molar-refractivity contribution >= 4 is 32.9 Å². The summed E-state index contributed by atoms with van der Waals surface area (Å²) in [5.74, 6) is -3.57. The van der Waals surface area contributed by atoms with E-state index in [9.17, 15) is 8.42 Å². The highest BCUT2D eigenvalue weighted by atomic mass is 32.2. The molecule has 1 saturated heterocycles. The number of nitrogens with zero attached hydrogens (tertiary/aromatic N) is 1. The van der Waals surface area contributed by atoms with Crippen molar-refractivity contribution in [3.05, 3.63) is 35.5 Å². The number of fused-ring (bicyclic) bond motifs is 1. The minimum atomic E-state index is -3.19. The number of rotatable bonds is 5. The summed E-state index contributed by atoms with van der Waals surface area (Å²) in [6.45, 7) is 1.91. The second-order valence-electron chi connectivity index (χ2n) is 6.21. The molecule has 0 radical (unpaired) electrons. The van der Waals surface area contributed by atoms with E-state index in [2.05, 4.69) is 4.98 Å². The molecule has 0 unspecified atom stereocenters. The lowest BCUT2D eigenvalue weighted by molar-refractivity contribution is -0.159. The molecule has 0 bridgehead atoms. The third kappa shape index (κ3) is 5.52. The van der Waals surface area contributed by atoms with Crippen LogP contribution < -0.4 is 5.73 Å². The first-order valence-corrected chi connectivity index (χ1v) is 10.1. The van der Waals surface area contributed by atoms with Crippen LogP contribution in [0.25, 0.3) is 10.9 Å². The fourth-order valence-electron chi connectivity index (χ4n) is 2.95. The molecule has 1 fully saturated rings. The molecule has 2 heterocycles. The molecule has 0 saturated carbocycles. The van der Waals surface area contributed by atoms with Gasteiger partial charge >= 0.3 is 11.9 Å². The van der Waals surface area contributed by atoms with Crippen LogP contribution in [-0.2, 0) is 31.8 Å². The normalized spacial score (nSPS) is 14.7. The molecule has 148 valence electrons. The topological polar surface area (TPSA) is 154 Å². The van der Waals surface area contributed by atoms with Crippen molar-refractivity contribution in [2.45, 2.75) is 25.0 Å². The first kappa shape index (κ1) is 20.9. The smallest absolute Gasteiger partial charge is 0.414 e. The van der Waals surface area contributed by atoms with E-state index in [0.29, 0.717) is 19.6 Å². The SMILES string of the molecule is NCCc1c[nH]c2ccc(CS(=O)(=O)N3CCCC3)cc12.O=C(O)C(=O)O. The molecule has 10 heteroatoms. The average molecular weight is 397 g/mol. The number of nitrogens with one attached hydrogen (secondary N) is 1. The summed E-state index contributed by atoms with van der Waals surface area (Å²) in [6.07, 6.45) is 4.69. The van der Waals surface area contributed by atoms with Crippen LogP contribution >= 0.6 is 0 Å². The van der Waals surface area contributed by atoms with E-state index in [0.717, 1.165) is 41.3 Å². The van der Waals surface area contributed by atoms with Gasteiger partial charge in [-0.2, -0.15) is 0 Å². The Bertz CT molecular complexity index is 904. The maximum absolute atomic E-state index is 12.4. The van der Waals surface area contributed by atoms with Gasteiger partial charge < -0.3 is 20.9 Å². The van der Waals surface area contributed by atoms with Crippen LogP contribution in [0, 0.1) is 0 Å². The van der Waals surface area contributed by atoms with Crippen LogP contribution in [0.15, 0.2) is 24.4 Å². The first-order chi connectivity index (χ1) is 12.7. The number of carboxylic acids is 2. The fraction of sp³-hybridized carbons (Fsp3) is 0.412. The summed E-state index contributed by atoms with van der Waals surface area (Å²) in [5, 5.41) is 15.9. The number of hydrogen-bond acceptors (Lipinski definition) is 5. The Morgan fingerprint density at radius 3 is 2.33 bits per heavy atom. The Kier molecular flexibility index (Phi) is 6.94. The number of carboxylic acid groups (broad SMARTS) is 2. The molecule has 5 N–H and O–H groups in total. The number of sulfonamides is 1. The van der Waals surface area contributed by atoms with Crippen molar-refractivity contribution in [2.24, 2.45) is 5.73 Å². The van der Waals surface area contributed by atoms with Crippen LogP contribution in [0.4, 0.5) is 0 Å². The zero-order valence-corrected chi connectivity index (χ0v) is 15.5. The summed E-state index contributed by atoms with van der Waals surface area (Å²) in [6, 6.07) is 5.81. The molecule has 1 aromatic heterocycles. The molecule has 1 aromatic carbocycles. The predicted molar refractivity (Wildman–Crippen MR) is 99.8 cm³/mol. The molecule has 9 nitrogen and oxygen atoms in total. The second kappa shape index (κ2) is 8.98. The Morgan fingerprint density at radius 1 is 1.15 bits per heavy atom. The number of H-pyrrole nitrogens is 1. The highest BCUT2D eigenvalue weighted by Gasteiger charge is 2.25. The van der Waals surface area contributed by atoms with E-state index >= 15 is 0 Å². The van der Waals surface area contributed by atoms with E-state index in [1.165, 1.54) is 0 Å². The second-order valence-corrected chi connectivity index (χ2v) is 8.17. The molecule has 0 atom stereocenters. The number of aromatic amines is 1. The van der Waals surface area contributed by atoms with Gasteiger partial charge in [0, 0.05) is 30.2 Å². The van der Waals surface area contributed by atoms with Crippen molar-refractivity contribution in [3.8, 4) is 0 Å². The highest BCUT2D eigenvalue weighted by Crippen LogP contribution is 2.23. The molecule has 0 aliphatic carbocycles. The lowest BCUT2D eigenvalue weighted by Gasteiger charge is -2.15. The van der Waals surface area contributed by atoms with Crippen molar-refractivity contribution < 1.29 is 28.2 Å². The van der Waals surface area contributed by atoms with Crippen molar-refractivity contribution in [1.82, 2.24) is 9.29 Å². The highest BCUT2D eigenvalue weighted by molar-refractivity contribution is 7.88. The zero-order chi connectivity index (χ0) is 20.0. The molecule has 27 heavy (non-hydrogen) atoms. The summed E-state index contributed by atoms with van der Waals surface area (Å²) >= 11 is 0. The number of benzene rings is 1. The Morgan fingerprint density at radius 2 is 1.78 bits per heavy atom. The minimum Gasteiger partial charge on any atom is -0.473 e. The van der Waals surface area contributed by atoms with Gasteiger partial charge in [-0.05, 0) is 49.1 Å². The van der Waals surface area contributed by atoms with E-state index in [-0.39, 0.29) is 5.75 Å². The molecule has 2 aromatic rings. The molecule has 0 spiro atoms. The van der Waals surface area contributed by atoms with Gasteiger partial charge in [0.1, 0.15) is 0 Å². The quantitative estimate of drug-likeness (QED) is 0.543. The summed E-state index contributed by atoms with van der Waals surface area (Å²) in [7, 11) is -3.19. The molecular weight excluding hydrogens is 374 g/mol. The van der Waals surface area contributed by atoms with Crippen molar-refractivity contribution in [3.63, 3.8) is 0 Å². The lowest BCUT2D eigenvalue weighted by atomic mass is 10.1.